The minimum atomic E-state index is -0.204. The van der Waals surface area contributed by atoms with E-state index >= 15 is 0 Å². The molecule has 1 aliphatic rings. The number of ether oxygens (including phenoxy) is 2. The molecule has 8 heavy (non-hydrogen) atoms. The number of rotatable bonds is 0. The molecule has 0 N–H and O–H groups in total. The van der Waals surface area contributed by atoms with E-state index < -0.39 is 0 Å². The average Bonchev–Trinajstić information content (AvgIpc) is 1.86. The molecule has 4 heteroatoms. The molecule has 0 spiro atoms. The zero-order valence-corrected chi connectivity index (χ0v) is 9.15. The van der Waals surface area contributed by atoms with Crippen LogP contribution in [0.5, 0.6) is 0 Å². The van der Waals surface area contributed by atoms with Gasteiger partial charge in [0.25, 0.3) is 0 Å². The van der Waals surface area contributed by atoms with Crippen molar-refractivity contribution in [1.82, 2.24) is 0 Å². The summed E-state index contributed by atoms with van der Waals surface area (Å²) >= 11 is 0. The van der Waals surface area contributed by atoms with E-state index in [1.807, 2.05) is 0 Å². The predicted molar refractivity (Wildman–Crippen MR) is 21.0 cm³/mol. The molecule has 0 atom stereocenters. The Hall–Kier alpha value is 1.02. The first kappa shape index (κ1) is 11.8. The smallest absolute Gasteiger partial charge is 1.00 e. The number of halogens is 1. The van der Waals surface area contributed by atoms with Gasteiger partial charge in [-0.05, 0) is 0 Å². The molecule has 0 bridgehead atoms. The second-order valence-corrected chi connectivity index (χ2v) is 1.17. The fourth-order valence-electron chi connectivity index (χ4n) is 0.407. The molecule has 0 aliphatic carbocycles. The van der Waals surface area contributed by atoms with Gasteiger partial charge in [-0.3, -0.25) is 6.92 Å². The third kappa shape index (κ3) is 3.96. The van der Waals surface area contributed by atoms with Gasteiger partial charge in [-0.2, -0.15) is 0 Å². The molecule has 1 rings (SSSR count). The minimum Gasteiger partial charge on any atom is -1.00 e. The quantitative estimate of drug-likeness (QED) is 0.332. The molecular weight excluding hydrogens is 225 g/mol. The maximum Gasteiger partial charge on any atom is 2.00 e. The Kier molecular flexibility index (Phi) is 9.05. The average molecular weight is 232 g/mol. The Morgan fingerprint density at radius 1 is 1.25 bits per heavy atom. The number of hydrogen-bond acceptors (Lipinski definition) is 2. The van der Waals surface area contributed by atoms with Crippen LogP contribution in [0.2, 0.25) is 0 Å². The Morgan fingerprint density at radius 3 is 1.75 bits per heavy atom. The van der Waals surface area contributed by atoms with Gasteiger partial charge in [0, 0.05) is 6.29 Å². The van der Waals surface area contributed by atoms with Crippen LogP contribution >= 0.6 is 0 Å². The van der Waals surface area contributed by atoms with Gasteiger partial charge in [0.05, 0.1) is 13.2 Å². The molecule has 0 aromatic heterocycles. The summed E-state index contributed by atoms with van der Waals surface area (Å²) in [5.41, 5.74) is 0. The standard InChI is InChI=1S/C4H7O2.BrH.Zn/c1-4-5-2-3-6-4;;/h4H,1-3H2;1H;/q-1;;+2/p-1. The molecule has 0 radical (unpaired) electrons. The molecule has 0 aromatic rings. The fraction of sp³-hybridized carbons (Fsp3) is 0.750. The first-order valence-corrected chi connectivity index (χ1v) is 1.96. The van der Waals surface area contributed by atoms with Crippen molar-refractivity contribution in [2.75, 3.05) is 13.2 Å². The van der Waals surface area contributed by atoms with Crippen molar-refractivity contribution in [3.05, 3.63) is 6.92 Å². The van der Waals surface area contributed by atoms with E-state index in [-0.39, 0.29) is 42.7 Å². The molecule has 0 saturated carbocycles. The van der Waals surface area contributed by atoms with E-state index in [0.717, 1.165) is 0 Å². The summed E-state index contributed by atoms with van der Waals surface area (Å²) < 4.78 is 9.64. The Morgan fingerprint density at radius 2 is 1.62 bits per heavy atom. The molecule has 1 fully saturated rings. The van der Waals surface area contributed by atoms with Gasteiger partial charge in [-0.15, -0.1) is 0 Å². The maximum atomic E-state index is 4.82. The zero-order chi connectivity index (χ0) is 4.41. The summed E-state index contributed by atoms with van der Waals surface area (Å²) in [6.07, 6.45) is -0.204. The molecule has 0 amide bonds. The van der Waals surface area contributed by atoms with Gasteiger partial charge < -0.3 is 26.5 Å². The van der Waals surface area contributed by atoms with Crippen LogP contribution in [-0.2, 0) is 29.0 Å². The van der Waals surface area contributed by atoms with Crippen molar-refractivity contribution in [3.8, 4) is 0 Å². The molecule has 2 nitrogen and oxygen atoms in total. The third-order valence-electron chi connectivity index (χ3n) is 0.691. The van der Waals surface area contributed by atoms with Gasteiger partial charge in [0.15, 0.2) is 0 Å². The maximum absolute atomic E-state index is 4.82. The van der Waals surface area contributed by atoms with E-state index in [4.69, 9.17) is 9.47 Å². The van der Waals surface area contributed by atoms with Crippen molar-refractivity contribution < 1.29 is 45.9 Å². The Bertz CT molecular complexity index is 47.3. The van der Waals surface area contributed by atoms with Gasteiger partial charge >= 0.3 is 19.5 Å². The van der Waals surface area contributed by atoms with Crippen LogP contribution in [0.1, 0.15) is 0 Å². The Labute approximate surface area is 72.5 Å². The van der Waals surface area contributed by atoms with Crippen LogP contribution in [0, 0.1) is 6.92 Å². The number of hydrogen-bond donors (Lipinski definition) is 0. The van der Waals surface area contributed by atoms with Gasteiger partial charge in [0.1, 0.15) is 0 Å². The molecular formula is C4H7BrO2Zn. The molecule has 44 valence electrons. The van der Waals surface area contributed by atoms with Crippen molar-refractivity contribution in [1.29, 1.82) is 0 Å². The van der Waals surface area contributed by atoms with E-state index in [0.29, 0.717) is 13.2 Å². The predicted octanol–water partition coefficient (Wildman–Crippen LogP) is -2.81. The van der Waals surface area contributed by atoms with Crippen LogP contribution in [0.15, 0.2) is 0 Å². The third-order valence-corrected chi connectivity index (χ3v) is 0.691. The topological polar surface area (TPSA) is 18.5 Å². The van der Waals surface area contributed by atoms with Crippen LogP contribution < -0.4 is 17.0 Å². The molecule has 0 aromatic carbocycles. The van der Waals surface area contributed by atoms with E-state index in [2.05, 4.69) is 6.92 Å². The summed E-state index contributed by atoms with van der Waals surface area (Å²) in [7, 11) is 0. The minimum absolute atomic E-state index is 0. The van der Waals surface area contributed by atoms with Crippen molar-refractivity contribution in [3.63, 3.8) is 0 Å². The summed E-state index contributed by atoms with van der Waals surface area (Å²) in [6.45, 7) is 4.90. The van der Waals surface area contributed by atoms with Crippen LogP contribution in [-0.4, -0.2) is 19.5 Å². The van der Waals surface area contributed by atoms with E-state index in [1.54, 1.807) is 0 Å². The van der Waals surface area contributed by atoms with Gasteiger partial charge in [-0.25, -0.2) is 0 Å². The largest absolute Gasteiger partial charge is 2.00 e. The summed E-state index contributed by atoms with van der Waals surface area (Å²) in [4.78, 5) is 0. The SMILES string of the molecule is [Br-].[CH2-]C1OCCO1.[Zn+2]. The van der Waals surface area contributed by atoms with E-state index in [9.17, 15) is 0 Å². The van der Waals surface area contributed by atoms with E-state index in [1.165, 1.54) is 0 Å². The fourth-order valence-corrected chi connectivity index (χ4v) is 0.407. The van der Waals surface area contributed by atoms with Crippen LogP contribution in [0.3, 0.4) is 0 Å². The first-order valence-electron chi connectivity index (χ1n) is 1.96. The second-order valence-electron chi connectivity index (χ2n) is 1.17. The monoisotopic (exact) mass is 230 g/mol. The summed E-state index contributed by atoms with van der Waals surface area (Å²) in [5, 5.41) is 0. The van der Waals surface area contributed by atoms with Crippen molar-refractivity contribution >= 4 is 0 Å². The van der Waals surface area contributed by atoms with Crippen LogP contribution in [0.25, 0.3) is 0 Å². The first-order chi connectivity index (χ1) is 2.89. The summed E-state index contributed by atoms with van der Waals surface area (Å²) in [6, 6.07) is 0. The van der Waals surface area contributed by atoms with Crippen LogP contribution in [0.4, 0.5) is 0 Å². The molecule has 1 aliphatic heterocycles. The second kappa shape index (κ2) is 6.15. The Balaban J connectivity index is 0. The molecule has 1 heterocycles. The normalized spacial score (nSPS) is 19.1. The van der Waals surface area contributed by atoms with Gasteiger partial charge in [-0.1, -0.05) is 0 Å². The molecule has 1 saturated heterocycles. The zero-order valence-electron chi connectivity index (χ0n) is 4.60. The summed E-state index contributed by atoms with van der Waals surface area (Å²) in [5.74, 6) is 0. The van der Waals surface area contributed by atoms with Crippen molar-refractivity contribution in [2.45, 2.75) is 6.29 Å². The molecule has 0 unspecified atom stereocenters. The van der Waals surface area contributed by atoms with Gasteiger partial charge in [0.2, 0.25) is 0 Å². The van der Waals surface area contributed by atoms with Crippen molar-refractivity contribution in [2.24, 2.45) is 0 Å².